The Kier molecular flexibility index (Phi) is 12.1. The molecule has 2 aliphatic heterocycles. The number of aromatic nitrogens is 4. The van der Waals surface area contributed by atoms with Crippen molar-refractivity contribution in [3.05, 3.63) is 95.5 Å². The monoisotopic (exact) mass is 735 g/mol. The number of fused-ring (bicyclic) bond motifs is 1. The standard InChI is InChI=1S/C24H28N4O4S.C17H21N3/c1-15(2)32-20-7-5-17(12-25-20)22-19-10-18(6-4-16(19)11-26-22)27-23(31)24(33-3)8-9-28(14-24)13-21(29)30;1-13(2)20-12-18-17(19-20)16-10-8-15(9-11-16)14-6-4-3-5-7-14/h4-7,10,12,15H,8-9,11,13-14H2,1-3H3,(H,27,31)(H,29,30);6,8-13H,3-5,7H2,1-2H3/t24-;/m0./s1. The number of anilines is 1. The molecule has 1 fully saturated rings. The fraction of sp³-hybridized carbons (Fsp3) is 0.415. The van der Waals surface area contributed by atoms with Crippen molar-refractivity contribution in [2.24, 2.45) is 4.99 Å². The van der Waals surface area contributed by atoms with Crippen molar-refractivity contribution in [3.63, 3.8) is 0 Å². The summed E-state index contributed by atoms with van der Waals surface area (Å²) in [6.07, 6.45) is 13.6. The van der Waals surface area contributed by atoms with Crippen LogP contribution in [0.3, 0.4) is 0 Å². The summed E-state index contributed by atoms with van der Waals surface area (Å²) in [7, 11) is 0. The third kappa shape index (κ3) is 9.23. The Morgan fingerprint density at radius 2 is 1.77 bits per heavy atom. The van der Waals surface area contributed by atoms with Gasteiger partial charge in [0.1, 0.15) is 11.1 Å². The van der Waals surface area contributed by atoms with Crippen molar-refractivity contribution in [2.45, 2.75) is 83.2 Å². The minimum atomic E-state index is -0.879. The number of carbonyl (C=O) groups is 2. The Morgan fingerprint density at radius 1 is 1.00 bits per heavy atom. The summed E-state index contributed by atoms with van der Waals surface area (Å²) in [5.41, 5.74) is 8.44. The predicted molar refractivity (Wildman–Crippen MR) is 212 cm³/mol. The molecule has 11 nitrogen and oxygen atoms in total. The molecule has 0 spiro atoms. The highest BCUT2D eigenvalue weighted by atomic mass is 32.2. The largest absolute Gasteiger partial charge is 0.480 e. The van der Waals surface area contributed by atoms with Crippen LogP contribution < -0.4 is 10.1 Å². The number of hydrogen-bond acceptors (Lipinski definition) is 9. The van der Waals surface area contributed by atoms with Crippen LogP contribution in [0.15, 0.2) is 78.2 Å². The van der Waals surface area contributed by atoms with Crippen LogP contribution in [0, 0.1) is 0 Å². The Bertz CT molecular complexity index is 1970. The fourth-order valence-electron chi connectivity index (χ4n) is 6.80. The number of carboxylic acids is 1. The molecular formula is C41H49N7O4S. The van der Waals surface area contributed by atoms with Gasteiger partial charge in [0.05, 0.1) is 24.9 Å². The molecule has 278 valence electrons. The van der Waals surface area contributed by atoms with Gasteiger partial charge in [-0.25, -0.2) is 14.6 Å². The number of carbonyl (C=O) groups excluding carboxylic acids is 1. The number of nitrogens with zero attached hydrogens (tertiary/aromatic N) is 6. The minimum Gasteiger partial charge on any atom is -0.480 e. The smallest absolute Gasteiger partial charge is 0.317 e. The summed E-state index contributed by atoms with van der Waals surface area (Å²) in [6.45, 7) is 9.67. The number of amides is 1. The van der Waals surface area contributed by atoms with E-state index < -0.39 is 10.7 Å². The Morgan fingerprint density at radius 3 is 2.42 bits per heavy atom. The van der Waals surface area contributed by atoms with Crippen molar-refractivity contribution in [3.8, 4) is 17.3 Å². The van der Waals surface area contributed by atoms with Gasteiger partial charge in [0, 0.05) is 53.8 Å². The lowest BCUT2D eigenvalue weighted by atomic mass is 9.93. The van der Waals surface area contributed by atoms with Gasteiger partial charge in [0.25, 0.3) is 0 Å². The third-order valence-corrected chi connectivity index (χ3v) is 11.0. The number of carboxylic acid groups (broad SMARTS) is 1. The van der Waals surface area contributed by atoms with Crippen molar-refractivity contribution in [1.82, 2.24) is 24.6 Å². The maximum atomic E-state index is 13.2. The number of aliphatic imine (C=N–C) groups is 1. The average molecular weight is 736 g/mol. The predicted octanol–water partition coefficient (Wildman–Crippen LogP) is 7.53. The molecule has 53 heavy (non-hydrogen) atoms. The second kappa shape index (κ2) is 16.9. The number of nitrogens with one attached hydrogen (secondary N) is 1. The number of pyridine rings is 1. The number of hydrogen-bond donors (Lipinski definition) is 2. The molecule has 2 N–H and O–H groups in total. The second-order valence-electron chi connectivity index (χ2n) is 14.3. The number of allylic oxidation sites excluding steroid dienone is 2. The number of rotatable bonds is 11. The van der Waals surface area contributed by atoms with E-state index in [0.717, 1.165) is 33.8 Å². The van der Waals surface area contributed by atoms with Gasteiger partial charge in [-0.15, -0.1) is 11.8 Å². The number of aliphatic carboxylic acids is 1. The fourth-order valence-corrected chi connectivity index (χ4v) is 7.65. The van der Waals surface area contributed by atoms with Crippen molar-refractivity contribution >= 4 is 40.6 Å². The molecule has 0 saturated carbocycles. The van der Waals surface area contributed by atoms with Crippen LogP contribution in [0.5, 0.6) is 5.88 Å². The van der Waals surface area contributed by atoms with E-state index in [1.807, 2.05) is 60.0 Å². The zero-order chi connectivity index (χ0) is 37.5. The van der Waals surface area contributed by atoms with Gasteiger partial charge in [-0.2, -0.15) is 5.10 Å². The van der Waals surface area contributed by atoms with Gasteiger partial charge >= 0.3 is 5.97 Å². The maximum absolute atomic E-state index is 13.2. The number of likely N-dealkylation sites (tertiary alicyclic amines) is 1. The van der Waals surface area contributed by atoms with Crippen LogP contribution >= 0.6 is 11.8 Å². The number of ether oxygens (including phenoxy) is 1. The highest BCUT2D eigenvalue weighted by Crippen LogP contribution is 2.36. The van der Waals surface area contributed by atoms with E-state index in [4.69, 9.17) is 9.84 Å². The summed E-state index contributed by atoms with van der Waals surface area (Å²) in [4.78, 5) is 39.6. The highest BCUT2D eigenvalue weighted by molar-refractivity contribution is 8.00. The lowest BCUT2D eigenvalue weighted by Crippen LogP contribution is -2.43. The first-order chi connectivity index (χ1) is 25.5. The average Bonchev–Trinajstić information content (AvgIpc) is 3.92. The molecule has 1 saturated heterocycles. The first-order valence-corrected chi connectivity index (χ1v) is 19.6. The van der Waals surface area contributed by atoms with Crippen LogP contribution in [0.1, 0.15) is 88.1 Å². The van der Waals surface area contributed by atoms with Gasteiger partial charge in [0.15, 0.2) is 5.82 Å². The molecule has 7 rings (SSSR count). The molecule has 12 heteroatoms. The van der Waals surface area contributed by atoms with Crippen LogP contribution in [0.25, 0.3) is 17.0 Å². The van der Waals surface area contributed by atoms with E-state index in [2.05, 4.69) is 69.6 Å². The SMILES string of the molecule is CC(C)n1cnc(-c2ccc(C3=CCCCC3)cc2)n1.CS[C@@]1(C(=O)Nc2ccc3c(c2)C(c2ccc(OC(C)C)nc2)=NC3)CCN(CC(=O)O)C1. The van der Waals surface area contributed by atoms with E-state index in [9.17, 15) is 9.59 Å². The molecule has 2 aromatic heterocycles. The molecule has 1 amide bonds. The molecule has 0 unspecified atom stereocenters. The van der Waals surface area contributed by atoms with Crippen LogP contribution in [0.2, 0.25) is 0 Å². The second-order valence-corrected chi connectivity index (χ2v) is 15.5. The van der Waals surface area contributed by atoms with Gasteiger partial charge in [-0.05, 0) is 101 Å². The summed E-state index contributed by atoms with van der Waals surface area (Å²) >= 11 is 1.48. The van der Waals surface area contributed by atoms with Crippen molar-refractivity contribution < 1.29 is 19.4 Å². The van der Waals surface area contributed by atoms with Crippen LogP contribution in [-0.4, -0.2) is 84.1 Å². The quantitative estimate of drug-likeness (QED) is 0.160. The third-order valence-electron chi connectivity index (χ3n) is 9.71. The molecular weight excluding hydrogens is 687 g/mol. The number of benzene rings is 2. The van der Waals surface area contributed by atoms with E-state index in [0.29, 0.717) is 43.7 Å². The minimum absolute atomic E-state index is 0.0523. The molecule has 2 aromatic carbocycles. The van der Waals surface area contributed by atoms with Crippen molar-refractivity contribution in [2.75, 3.05) is 31.2 Å². The summed E-state index contributed by atoms with van der Waals surface area (Å²) < 4.78 is 6.86. The zero-order valence-electron chi connectivity index (χ0n) is 31.2. The molecule has 0 radical (unpaired) electrons. The van der Waals surface area contributed by atoms with E-state index in [-0.39, 0.29) is 18.6 Å². The van der Waals surface area contributed by atoms with E-state index in [1.165, 1.54) is 48.6 Å². The Labute approximate surface area is 316 Å². The normalized spacial score (nSPS) is 18.2. The molecule has 1 atom stereocenters. The van der Waals surface area contributed by atoms with Gasteiger partial charge in [0.2, 0.25) is 11.8 Å². The topological polar surface area (TPSA) is 135 Å². The van der Waals surface area contributed by atoms with Gasteiger partial charge in [-0.1, -0.05) is 36.4 Å². The molecule has 0 bridgehead atoms. The van der Waals surface area contributed by atoms with Crippen molar-refractivity contribution in [1.29, 1.82) is 0 Å². The van der Waals surface area contributed by atoms with Crippen LogP contribution in [0.4, 0.5) is 5.69 Å². The van der Waals surface area contributed by atoms with Crippen LogP contribution in [-0.2, 0) is 16.1 Å². The van der Waals surface area contributed by atoms with E-state index in [1.54, 1.807) is 12.5 Å². The zero-order valence-corrected chi connectivity index (χ0v) is 32.0. The van der Waals surface area contributed by atoms with Gasteiger partial charge < -0.3 is 15.2 Å². The lowest BCUT2D eigenvalue weighted by molar-refractivity contribution is -0.138. The molecule has 4 heterocycles. The Balaban J connectivity index is 0.000000204. The van der Waals surface area contributed by atoms with E-state index >= 15 is 0 Å². The highest BCUT2D eigenvalue weighted by Gasteiger charge is 2.44. The first kappa shape index (κ1) is 37.9. The molecule has 4 aromatic rings. The first-order valence-electron chi connectivity index (χ1n) is 18.4. The van der Waals surface area contributed by atoms with Gasteiger partial charge in [-0.3, -0.25) is 19.5 Å². The summed E-state index contributed by atoms with van der Waals surface area (Å²) in [5, 5.41) is 16.7. The maximum Gasteiger partial charge on any atom is 0.317 e. The molecule has 3 aliphatic rings. The number of thioether (sulfide) groups is 1. The Hall–Kier alpha value is -4.81. The molecule has 1 aliphatic carbocycles. The summed E-state index contributed by atoms with van der Waals surface area (Å²) in [5.74, 6) is 0.402. The lowest BCUT2D eigenvalue weighted by Gasteiger charge is -2.26. The summed E-state index contributed by atoms with van der Waals surface area (Å²) in [6, 6.07) is 18.6.